The molecule has 0 spiro atoms. The second-order valence-electron chi connectivity index (χ2n) is 7.01. The van der Waals surface area contributed by atoms with Gasteiger partial charge < -0.3 is 10.8 Å². The van der Waals surface area contributed by atoms with Crippen molar-refractivity contribution in [2.45, 2.75) is 19.8 Å². The predicted octanol–water partition coefficient (Wildman–Crippen LogP) is 2.71. The zero-order chi connectivity index (χ0) is 22.5. The summed E-state index contributed by atoms with van der Waals surface area (Å²) in [5.41, 5.74) is 4.83. The molecule has 2 unspecified atom stereocenters. The van der Waals surface area contributed by atoms with Crippen LogP contribution < -0.4 is 5.73 Å². The maximum absolute atomic E-state index is 14.7. The van der Waals surface area contributed by atoms with Crippen LogP contribution >= 0.6 is 0 Å². The molecular weight excluding hydrogens is 388 g/mol. The number of benzene rings is 1. The minimum Gasteiger partial charge on any atom is -0.399 e. The molecule has 156 valence electrons. The lowest BCUT2D eigenvalue weighted by Crippen LogP contribution is -2.48. The minimum absolute atomic E-state index is 0.0493. The number of nitrogens with zero attached hydrogens (tertiary/aromatic N) is 4. The fourth-order valence-corrected chi connectivity index (χ4v) is 4.10. The first kappa shape index (κ1) is 23.0. The minimum atomic E-state index is -1.91. The molecular formula is C22H23F2N5O. The molecule has 0 saturated carbocycles. The molecule has 0 fully saturated rings. The number of aliphatic hydroxyl groups is 1. The lowest BCUT2D eigenvalue weighted by Gasteiger charge is -2.45. The Labute approximate surface area is 174 Å². The summed E-state index contributed by atoms with van der Waals surface area (Å²) in [7, 11) is 0. The van der Waals surface area contributed by atoms with E-state index in [-0.39, 0.29) is 23.4 Å². The Morgan fingerprint density at radius 1 is 1.23 bits per heavy atom. The fourth-order valence-electron chi connectivity index (χ4n) is 4.10. The summed E-state index contributed by atoms with van der Waals surface area (Å²) < 4.78 is 28.1. The van der Waals surface area contributed by atoms with Gasteiger partial charge in [-0.3, -0.25) is 4.90 Å². The number of hydrogen-bond donors (Lipinski definition) is 2. The molecule has 3 N–H and O–H groups in total. The molecule has 2 aliphatic rings. The first-order chi connectivity index (χ1) is 14.3. The molecule has 6 nitrogen and oxygen atoms in total. The van der Waals surface area contributed by atoms with E-state index < -0.39 is 28.9 Å². The molecule has 0 amide bonds. The summed E-state index contributed by atoms with van der Waals surface area (Å²) in [4.78, 5) is 2.07. The Morgan fingerprint density at radius 2 is 1.87 bits per heavy atom. The number of fused-ring (bicyclic) bond motifs is 1. The van der Waals surface area contributed by atoms with E-state index in [0.29, 0.717) is 25.2 Å². The van der Waals surface area contributed by atoms with Gasteiger partial charge in [0.05, 0.1) is 23.4 Å². The number of halogens is 2. The van der Waals surface area contributed by atoms with E-state index in [1.165, 1.54) is 6.07 Å². The summed E-state index contributed by atoms with van der Waals surface area (Å²) >= 11 is 0. The second-order valence-corrected chi connectivity index (χ2v) is 7.01. The Morgan fingerprint density at radius 3 is 2.37 bits per heavy atom. The van der Waals surface area contributed by atoms with Gasteiger partial charge >= 0.3 is 0 Å². The summed E-state index contributed by atoms with van der Waals surface area (Å²) in [6.07, 6.45) is 1.84. The van der Waals surface area contributed by atoms with Gasteiger partial charge in [0.25, 0.3) is 0 Å². The largest absolute Gasteiger partial charge is 0.399 e. The van der Waals surface area contributed by atoms with Gasteiger partial charge in [-0.05, 0) is 30.7 Å². The highest BCUT2D eigenvalue weighted by molar-refractivity contribution is 5.59. The van der Waals surface area contributed by atoms with Crippen LogP contribution in [0.25, 0.3) is 0 Å². The molecule has 2 atom stereocenters. The highest BCUT2D eigenvalue weighted by atomic mass is 19.1. The van der Waals surface area contributed by atoms with Crippen molar-refractivity contribution < 1.29 is 13.9 Å². The number of hydrogen-bond acceptors (Lipinski definition) is 6. The zero-order valence-electron chi connectivity index (χ0n) is 16.9. The number of allylic oxidation sites excluding steroid dienone is 2. The van der Waals surface area contributed by atoms with Crippen molar-refractivity contribution in [1.82, 2.24) is 4.90 Å². The Bertz CT molecular complexity index is 982. The lowest BCUT2D eigenvalue weighted by atomic mass is 9.58. The molecule has 1 aliphatic carbocycles. The van der Waals surface area contributed by atoms with E-state index in [9.17, 15) is 24.6 Å². The van der Waals surface area contributed by atoms with Crippen LogP contribution in [0.1, 0.15) is 25.3 Å². The van der Waals surface area contributed by atoms with Crippen molar-refractivity contribution in [2.24, 2.45) is 17.1 Å². The molecule has 3 rings (SSSR count). The van der Waals surface area contributed by atoms with Gasteiger partial charge in [0.1, 0.15) is 17.7 Å². The van der Waals surface area contributed by atoms with Gasteiger partial charge in [0.15, 0.2) is 5.41 Å². The lowest BCUT2D eigenvalue weighted by molar-refractivity contribution is 0.212. The zero-order valence-corrected chi connectivity index (χ0v) is 16.9. The average molecular weight is 411 g/mol. The van der Waals surface area contributed by atoms with E-state index in [2.05, 4.69) is 4.90 Å². The predicted molar refractivity (Wildman–Crippen MR) is 106 cm³/mol. The van der Waals surface area contributed by atoms with Crippen LogP contribution in [0.15, 0.2) is 41.1 Å². The normalized spacial score (nSPS) is 22.4. The molecule has 0 bridgehead atoms. The van der Waals surface area contributed by atoms with Gasteiger partial charge in [-0.15, -0.1) is 0 Å². The number of aliphatic hydroxyl groups excluding tert-OH is 1. The van der Waals surface area contributed by atoms with Crippen molar-refractivity contribution in [3.8, 4) is 18.2 Å². The van der Waals surface area contributed by atoms with Crippen molar-refractivity contribution in [3.05, 3.63) is 58.3 Å². The van der Waals surface area contributed by atoms with Crippen LogP contribution in [-0.2, 0) is 0 Å². The van der Waals surface area contributed by atoms with Crippen LogP contribution in [0.5, 0.6) is 0 Å². The SMILES string of the molecule is CCN1CC=C2C(C#N)=C(N)C(C#N)(C#N)C(c3ccc(F)cc3F)C2C1.CCO. The maximum atomic E-state index is 14.7. The summed E-state index contributed by atoms with van der Waals surface area (Å²) in [6, 6.07) is 8.98. The molecule has 1 aromatic rings. The highest BCUT2D eigenvalue weighted by Crippen LogP contribution is 2.54. The third-order valence-electron chi connectivity index (χ3n) is 5.48. The van der Waals surface area contributed by atoms with E-state index >= 15 is 0 Å². The maximum Gasteiger partial charge on any atom is 0.191 e. The Balaban J connectivity index is 0.00000101. The Kier molecular flexibility index (Phi) is 7.29. The monoisotopic (exact) mass is 411 g/mol. The average Bonchev–Trinajstić information content (AvgIpc) is 2.74. The number of nitrogens with two attached hydrogens (primary N) is 1. The van der Waals surface area contributed by atoms with E-state index in [4.69, 9.17) is 10.8 Å². The molecule has 1 aliphatic heterocycles. The smallest absolute Gasteiger partial charge is 0.191 e. The number of likely N-dealkylation sites (N-methyl/N-ethyl adjacent to an activating group) is 1. The van der Waals surface area contributed by atoms with Gasteiger partial charge in [0.2, 0.25) is 0 Å². The third kappa shape index (κ3) is 3.78. The van der Waals surface area contributed by atoms with Gasteiger partial charge in [-0.25, -0.2) is 8.78 Å². The summed E-state index contributed by atoms with van der Waals surface area (Å²) in [6.45, 7) is 5.64. The molecule has 0 aromatic heterocycles. The standard InChI is InChI=1S/C20H17F2N5.C2H6O/c1-2-27-6-5-13-15(8-23)19(26)20(10-24,11-25)18(16(13)9-27)14-4-3-12(21)7-17(14)22;1-2-3/h3-5,7,16,18H,2,6,9,26H2,1H3;3H,2H2,1H3. The second kappa shape index (κ2) is 9.50. The topological polar surface area (TPSA) is 121 Å². The fraction of sp³-hybridized carbons (Fsp3) is 0.409. The van der Waals surface area contributed by atoms with E-state index in [0.717, 1.165) is 12.1 Å². The first-order valence-electron chi connectivity index (χ1n) is 9.56. The summed E-state index contributed by atoms with van der Waals surface area (Å²) in [5.74, 6) is -3.02. The highest BCUT2D eigenvalue weighted by Gasteiger charge is 2.55. The third-order valence-corrected chi connectivity index (χ3v) is 5.48. The van der Waals surface area contributed by atoms with Gasteiger partial charge in [-0.1, -0.05) is 19.1 Å². The molecule has 1 heterocycles. The number of nitriles is 3. The van der Waals surface area contributed by atoms with Crippen molar-refractivity contribution in [3.63, 3.8) is 0 Å². The van der Waals surface area contributed by atoms with Crippen molar-refractivity contribution in [2.75, 3.05) is 26.2 Å². The van der Waals surface area contributed by atoms with Crippen LogP contribution in [0.4, 0.5) is 8.78 Å². The molecule has 1 aromatic carbocycles. The van der Waals surface area contributed by atoms with Crippen molar-refractivity contribution in [1.29, 1.82) is 15.8 Å². The van der Waals surface area contributed by atoms with E-state index in [1.807, 2.05) is 31.2 Å². The quantitative estimate of drug-likeness (QED) is 0.772. The van der Waals surface area contributed by atoms with Crippen LogP contribution in [0, 0.1) is 57.0 Å². The number of rotatable bonds is 2. The summed E-state index contributed by atoms with van der Waals surface area (Å²) in [5, 5.41) is 37.0. The Hall–Kier alpha value is -3.25. The van der Waals surface area contributed by atoms with Crippen LogP contribution in [-0.4, -0.2) is 36.2 Å². The van der Waals surface area contributed by atoms with Crippen LogP contribution in [0.2, 0.25) is 0 Å². The molecule has 0 saturated heterocycles. The molecule has 30 heavy (non-hydrogen) atoms. The van der Waals surface area contributed by atoms with Gasteiger partial charge in [-0.2, -0.15) is 15.8 Å². The van der Waals surface area contributed by atoms with Crippen LogP contribution in [0.3, 0.4) is 0 Å². The van der Waals surface area contributed by atoms with E-state index in [1.54, 1.807) is 6.92 Å². The molecule has 0 radical (unpaired) electrons. The van der Waals surface area contributed by atoms with Crippen molar-refractivity contribution >= 4 is 0 Å². The first-order valence-corrected chi connectivity index (χ1v) is 9.56. The molecule has 8 heteroatoms. The van der Waals surface area contributed by atoms with Gasteiger partial charge in [0, 0.05) is 37.6 Å².